The van der Waals surface area contributed by atoms with Crippen LogP contribution in [0.2, 0.25) is 0 Å². The van der Waals surface area contributed by atoms with Gasteiger partial charge in [-0.1, -0.05) is 68.0 Å². The molecule has 0 saturated heterocycles. The molecule has 0 unspecified atom stereocenters. The van der Waals surface area contributed by atoms with Crippen LogP contribution in [0.3, 0.4) is 0 Å². The number of esters is 1. The van der Waals surface area contributed by atoms with Crippen LogP contribution < -0.4 is 24.4 Å². The minimum atomic E-state index is -0.615. The minimum absolute atomic E-state index is 0.216. The molecule has 0 spiro atoms. The molecule has 0 bridgehead atoms. The van der Waals surface area contributed by atoms with E-state index in [4.69, 9.17) is 19.2 Å². The van der Waals surface area contributed by atoms with Crippen molar-refractivity contribution >= 4 is 23.4 Å². The third-order valence-corrected chi connectivity index (χ3v) is 6.99. The van der Waals surface area contributed by atoms with Crippen molar-refractivity contribution < 1.29 is 19.0 Å². The van der Waals surface area contributed by atoms with Crippen LogP contribution in [-0.4, -0.2) is 31.4 Å². The Hall–Kier alpha value is -3.65. The van der Waals surface area contributed by atoms with Crippen molar-refractivity contribution in [3.05, 3.63) is 90.6 Å². The molecular formula is C28H30N2O5S. The number of carbonyl (C=O) groups excluding carboxylic acids is 1. The molecule has 0 saturated carbocycles. The van der Waals surface area contributed by atoms with E-state index in [9.17, 15) is 9.59 Å². The molecule has 1 aromatic heterocycles. The first-order valence-corrected chi connectivity index (χ1v) is 12.8. The Morgan fingerprint density at radius 3 is 2.56 bits per heavy atom. The molecule has 0 N–H and O–H groups in total. The third kappa shape index (κ3) is 4.99. The second kappa shape index (κ2) is 11.4. The number of thiazole rings is 1. The van der Waals surface area contributed by atoms with E-state index in [-0.39, 0.29) is 5.56 Å². The summed E-state index contributed by atoms with van der Waals surface area (Å²) >= 11 is 1.30. The van der Waals surface area contributed by atoms with Gasteiger partial charge in [0.1, 0.15) is 0 Å². The number of carbonyl (C=O) groups is 1. The monoisotopic (exact) mass is 506 g/mol. The lowest BCUT2D eigenvalue weighted by molar-refractivity contribution is -0.136. The Kier molecular flexibility index (Phi) is 8.05. The Balaban J connectivity index is 1.85. The molecule has 0 radical (unpaired) electrons. The molecule has 3 aromatic rings. The average Bonchev–Trinajstić information content (AvgIpc) is 3.22. The quantitative estimate of drug-likeness (QED) is 0.324. The summed E-state index contributed by atoms with van der Waals surface area (Å²) in [5.74, 6) is 0.794. The highest BCUT2D eigenvalue weighted by atomic mass is 32.1. The fourth-order valence-corrected chi connectivity index (χ4v) is 5.21. The van der Waals surface area contributed by atoms with Gasteiger partial charge in [0.15, 0.2) is 16.3 Å². The summed E-state index contributed by atoms with van der Waals surface area (Å²) in [7, 11) is 2.94. The smallest absolute Gasteiger partial charge is 0.338 e. The fraction of sp³-hybridized carbons (Fsp3) is 0.321. The van der Waals surface area contributed by atoms with E-state index < -0.39 is 12.0 Å². The van der Waals surface area contributed by atoms with Crippen LogP contribution in [0.4, 0.5) is 0 Å². The zero-order chi connectivity index (χ0) is 25.7. The first kappa shape index (κ1) is 25.4. The van der Waals surface area contributed by atoms with Gasteiger partial charge < -0.3 is 14.2 Å². The van der Waals surface area contributed by atoms with E-state index in [0.717, 1.165) is 24.0 Å². The van der Waals surface area contributed by atoms with Gasteiger partial charge in [0.2, 0.25) is 0 Å². The Morgan fingerprint density at radius 2 is 1.89 bits per heavy atom. The maximum Gasteiger partial charge on any atom is 0.338 e. The lowest BCUT2D eigenvalue weighted by atomic mass is 9.95. The molecule has 7 nitrogen and oxygen atoms in total. The number of methoxy groups -OCH3 is 2. The lowest BCUT2D eigenvalue weighted by Crippen LogP contribution is -2.40. The van der Waals surface area contributed by atoms with Gasteiger partial charge in [-0.25, -0.2) is 9.79 Å². The number of aromatic nitrogens is 1. The predicted molar refractivity (Wildman–Crippen MR) is 140 cm³/mol. The molecular weight excluding hydrogens is 476 g/mol. The zero-order valence-electron chi connectivity index (χ0n) is 20.9. The predicted octanol–water partition coefficient (Wildman–Crippen LogP) is 3.99. The summed E-state index contributed by atoms with van der Waals surface area (Å²) in [4.78, 5) is 31.8. The van der Waals surface area contributed by atoms with Gasteiger partial charge >= 0.3 is 5.97 Å². The Bertz CT molecular complexity index is 1450. The normalized spacial score (nSPS) is 15.3. The number of unbranched alkanes of at least 4 members (excludes halogenated alkanes) is 1. The largest absolute Gasteiger partial charge is 0.493 e. The van der Waals surface area contributed by atoms with Crippen molar-refractivity contribution in [2.24, 2.45) is 4.99 Å². The van der Waals surface area contributed by atoms with Crippen molar-refractivity contribution in [3.8, 4) is 11.5 Å². The highest BCUT2D eigenvalue weighted by Gasteiger charge is 2.33. The maximum atomic E-state index is 13.7. The van der Waals surface area contributed by atoms with Crippen molar-refractivity contribution in [3.63, 3.8) is 0 Å². The second-order valence-corrected chi connectivity index (χ2v) is 9.32. The molecule has 0 aliphatic carbocycles. The van der Waals surface area contributed by atoms with Gasteiger partial charge in [-0.2, -0.15) is 0 Å². The molecule has 2 aromatic carbocycles. The Labute approximate surface area is 214 Å². The SMILES string of the molecule is CCCCOc1ccc(/C=c2\sc3n(c2=O)[C@@H](c2ccccc2)C(C(=O)OC)=C(CC)N=3)cc1OC. The molecule has 0 fully saturated rings. The highest BCUT2D eigenvalue weighted by Crippen LogP contribution is 2.32. The van der Waals surface area contributed by atoms with Gasteiger partial charge in [0.05, 0.1) is 42.7 Å². The number of fused-ring (bicyclic) bond motifs is 1. The van der Waals surface area contributed by atoms with Gasteiger partial charge in [0.25, 0.3) is 5.56 Å². The number of nitrogens with zero attached hydrogens (tertiary/aromatic N) is 2. The molecule has 0 amide bonds. The van der Waals surface area contributed by atoms with Crippen LogP contribution in [0, 0.1) is 0 Å². The van der Waals surface area contributed by atoms with E-state index in [1.165, 1.54) is 18.4 Å². The summed E-state index contributed by atoms with van der Waals surface area (Å²) in [6.45, 7) is 4.67. The van der Waals surface area contributed by atoms with Gasteiger partial charge in [-0.15, -0.1) is 0 Å². The summed E-state index contributed by atoms with van der Waals surface area (Å²) in [5, 5.41) is 0. The first-order valence-electron chi connectivity index (χ1n) is 12.0. The van der Waals surface area contributed by atoms with Crippen molar-refractivity contribution in [2.75, 3.05) is 20.8 Å². The molecule has 2 heterocycles. The number of hydrogen-bond acceptors (Lipinski definition) is 7. The first-order chi connectivity index (χ1) is 17.5. The van der Waals surface area contributed by atoms with Crippen molar-refractivity contribution in [1.82, 2.24) is 4.57 Å². The molecule has 36 heavy (non-hydrogen) atoms. The highest BCUT2D eigenvalue weighted by molar-refractivity contribution is 7.07. The van der Waals surface area contributed by atoms with Gasteiger partial charge in [0, 0.05) is 0 Å². The van der Waals surface area contributed by atoms with Gasteiger partial charge in [-0.05, 0) is 42.2 Å². The van der Waals surface area contributed by atoms with E-state index >= 15 is 0 Å². The zero-order valence-corrected chi connectivity index (χ0v) is 21.8. The number of ether oxygens (including phenoxy) is 3. The second-order valence-electron chi connectivity index (χ2n) is 8.31. The Morgan fingerprint density at radius 1 is 1.11 bits per heavy atom. The van der Waals surface area contributed by atoms with Crippen LogP contribution in [-0.2, 0) is 9.53 Å². The third-order valence-electron chi connectivity index (χ3n) is 6.01. The summed E-state index contributed by atoms with van der Waals surface area (Å²) in [6.07, 6.45) is 4.36. The summed E-state index contributed by atoms with van der Waals surface area (Å²) in [6, 6.07) is 14.5. The van der Waals surface area contributed by atoms with Crippen LogP contribution in [0.1, 0.15) is 50.3 Å². The average molecular weight is 507 g/mol. The van der Waals surface area contributed by atoms with Crippen LogP contribution >= 0.6 is 11.3 Å². The van der Waals surface area contributed by atoms with Crippen LogP contribution in [0.15, 0.2) is 69.6 Å². The van der Waals surface area contributed by atoms with E-state index in [1.54, 1.807) is 11.7 Å². The maximum absolute atomic E-state index is 13.7. The van der Waals surface area contributed by atoms with E-state index in [0.29, 0.717) is 45.1 Å². The van der Waals surface area contributed by atoms with E-state index in [2.05, 4.69) is 6.92 Å². The molecule has 1 aliphatic rings. The van der Waals surface area contributed by atoms with Gasteiger partial charge in [-0.3, -0.25) is 9.36 Å². The standard InChI is InChI=1S/C28H30N2O5S/c1-5-7-15-35-21-14-13-18(16-22(21)33-3)17-23-26(31)30-25(19-11-9-8-10-12-19)24(27(32)34-4)20(6-2)29-28(30)36-23/h8-14,16-17,25H,5-7,15H2,1-4H3/b23-17-/t25-/m0/s1. The molecule has 188 valence electrons. The van der Waals surface area contributed by atoms with Crippen LogP contribution in [0.5, 0.6) is 11.5 Å². The number of rotatable bonds is 9. The molecule has 1 aliphatic heterocycles. The number of allylic oxidation sites excluding steroid dienone is 1. The lowest BCUT2D eigenvalue weighted by Gasteiger charge is -2.25. The van der Waals surface area contributed by atoms with E-state index in [1.807, 2.05) is 61.5 Å². The molecule has 8 heteroatoms. The molecule has 4 rings (SSSR count). The topological polar surface area (TPSA) is 79.1 Å². The van der Waals surface area contributed by atoms with Crippen LogP contribution in [0.25, 0.3) is 6.08 Å². The number of benzene rings is 2. The fourth-order valence-electron chi connectivity index (χ4n) is 4.19. The summed E-state index contributed by atoms with van der Waals surface area (Å²) < 4.78 is 18.6. The summed E-state index contributed by atoms with van der Waals surface area (Å²) in [5.41, 5.74) is 2.42. The molecule has 1 atom stereocenters. The van der Waals surface area contributed by atoms with Crippen molar-refractivity contribution in [1.29, 1.82) is 0 Å². The minimum Gasteiger partial charge on any atom is -0.493 e. The van der Waals surface area contributed by atoms with Crippen molar-refractivity contribution in [2.45, 2.75) is 39.2 Å². The number of hydrogen-bond donors (Lipinski definition) is 0.